The van der Waals surface area contributed by atoms with Gasteiger partial charge in [-0.25, -0.2) is 0 Å². The van der Waals surface area contributed by atoms with Gasteiger partial charge in [-0.2, -0.15) is 0 Å². The van der Waals surface area contributed by atoms with Crippen molar-refractivity contribution in [3.63, 3.8) is 0 Å². The van der Waals surface area contributed by atoms with Gasteiger partial charge in [0.25, 0.3) is 0 Å². The number of ether oxygens (including phenoxy) is 1. The minimum atomic E-state index is -0.552. The zero-order valence-corrected chi connectivity index (χ0v) is 9.55. The third kappa shape index (κ3) is 3.56. The van der Waals surface area contributed by atoms with Crippen LogP contribution in [-0.2, 0) is 4.74 Å². The molecule has 0 bridgehead atoms. The summed E-state index contributed by atoms with van der Waals surface area (Å²) in [5, 5.41) is 13.6. The average molecular weight is 201 g/mol. The van der Waals surface area contributed by atoms with Gasteiger partial charge in [-0.1, -0.05) is 20.8 Å². The molecule has 2 N–H and O–H groups in total. The Morgan fingerprint density at radius 3 is 2.86 bits per heavy atom. The Kier molecular flexibility index (Phi) is 4.35. The summed E-state index contributed by atoms with van der Waals surface area (Å²) in [6.07, 6.45) is 2.75. The first-order chi connectivity index (χ1) is 6.56. The van der Waals surface area contributed by atoms with Crippen molar-refractivity contribution in [1.82, 2.24) is 5.32 Å². The largest absolute Gasteiger partial charge is 0.388 e. The summed E-state index contributed by atoms with van der Waals surface area (Å²) in [6, 6.07) is 0.432. The maximum absolute atomic E-state index is 10.3. The molecule has 0 aromatic heterocycles. The number of hydrogen-bond donors (Lipinski definition) is 2. The maximum Gasteiger partial charge on any atom is 0.0818 e. The van der Waals surface area contributed by atoms with E-state index in [0.717, 1.165) is 19.3 Å². The Bertz CT molecular complexity index is 173. The second kappa shape index (κ2) is 5.10. The van der Waals surface area contributed by atoms with Crippen molar-refractivity contribution < 1.29 is 9.84 Å². The molecular weight excluding hydrogens is 178 g/mol. The van der Waals surface area contributed by atoms with Crippen LogP contribution >= 0.6 is 0 Å². The third-order valence-electron chi connectivity index (χ3n) is 2.82. The lowest BCUT2D eigenvalue weighted by molar-refractivity contribution is -0.102. The molecule has 2 atom stereocenters. The van der Waals surface area contributed by atoms with E-state index in [2.05, 4.69) is 26.1 Å². The Morgan fingerprint density at radius 1 is 1.57 bits per heavy atom. The second-order valence-corrected chi connectivity index (χ2v) is 4.62. The van der Waals surface area contributed by atoms with Crippen LogP contribution in [0.4, 0.5) is 0 Å². The molecule has 0 aromatic carbocycles. The zero-order chi connectivity index (χ0) is 10.6. The molecule has 1 saturated heterocycles. The molecule has 1 rings (SSSR count). The second-order valence-electron chi connectivity index (χ2n) is 4.62. The van der Waals surface area contributed by atoms with E-state index in [1.165, 1.54) is 0 Å². The Balaban J connectivity index is 2.38. The average Bonchev–Trinajstić information content (AvgIpc) is 2.15. The number of aliphatic hydroxyl groups is 1. The molecular formula is C11H23NO2. The fourth-order valence-electron chi connectivity index (χ4n) is 1.82. The fraction of sp³-hybridized carbons (Fsp3) is 1.00. The molecule has 0 radical (unpaired) electrons. The van der Waals surface area contributed by atoms with E-state index in [9.17, 15) is 5.11 Å². The molecule has 0 saturated carbocycles. The van der Waals surface area contributed by atoms with E-state index in [0.29, 0.717) is 19.2 Å². The van der Waals surface area contributed by atoms with Crippen LogP contribution in [0.15, 0.2) is 0 Å². The zero-order valence-electron chi connectivity index (χ0n) is 9.55. The minimum absolute atomic E-state index is 0.239. The molecule has 1 aliphatic rings. The molecule has 0 spiro atoms. The summed E-state index contributed by atoms with van der Waals surface area (Å²) in [7, 11) is 0. The van der Waals surface area contributed by atoms with Gasteiger partial charge < -0.3 is 15.2 Å². The molecule has 3 heteroatoms. The van der Waals surface area contributed by atoms with Crippen molar-refractivity contribution in [2.75, 3.05) is 13.2 Å². The smallest absolute Gasteiger partial charge is 0.0818 e. The molecule has 2 unspecified atom stereocenters. The Labute approximate surface area is 86.8 Å². The van der Waals surface area contributed by atoms with Gasteiger partial charge in [0, 0.05) is 32.0 Å². The SMILES string of the molecule is CCC1CC(O)(CNC(C)C)CCO1. The quantitative estimate of drug-likeness (QED) is 0.720. The van der Waals surface area contributed by atoms with Crippen LogP contribution in [0.25, 0.3) is 0 Å². The predicted octanol–water partition coefficient (Wildman–Crippen LogP) is 1.30. The van der Waals surface area contributed by atoms with E-state index >= 15 is 0 Å². The van der Waals surface area contributed by atoms with E-state index in [1.807, 2.05) is 0 Å². The monoisotopic (exact) mass is 201 g/mol. The highest BCUT2D eigenvalue weighted by Crippen LogP contribution is 2.25. The number of nitrogens with one attached hydrogen (secondary N) is 1. The summed E-state index contributed by atoms with van der Waals surface area (Å²) in [4.78, 5) is 0. The van der Waals surface area contributed by atoms with Crippen LogP contribution in [0, 0.1) is 0 Å². The van der Waals surface area contributed by atoms with Crippen molar-refractivity contribution >= 4 is 0 Å². The number of hydrogen-bond acceptors (Lipinski definition) is 3. The molecule has 14 heavy (non-hydrogen) atoms. The van der Waals surface area contributed by atoms with Crippen LogP contribution in [0.1, 0.15) is 40.0 Å². The first kappa shape index (κ1) is 12.0. The lowest BCUT2D eigenvalue weighted by atomic mass is 9.89. The maximum atomic E-state index is 10.3. The highest BCUT2D eigenvalue weighted by molar-refractivity contribution is 4.87. The summed E-state index contributed by atoms with van der Waals surface area (Å²) < 4.78 is 5.54. The van der Waals surface area contributed by atoms with Gasteiger partial charge in [-0.05, 0) is 6.42 Å². The third-order valence-corrected chi connectivity index (χ3v) is 2.82. The van der Waals surface area contributed by atoms with Crippen LogP contribution < -0.4 is 5.32 Å². The summed E-state index contributed by atoms with van der Waals surface area (Å²) >= 11 is 0. The van der Waals surface area contributed by atoms with Crippen molar-refractivity contribution in [2.24, 2.45) is 0 Å². The topological polar surface area (TPSA) is 41.5 Å². The first-order valence-electron chi connectivity index (χ1n) is 5.63. The summed E-state index contributed by atoms with van der Waals surface area (Å²) in [5.41, 5.74) is -0.552. The first-order valence-corrected chi connectivity index (χ1v) is 5.63. The van der Waals surface area contributed by atoms with Crippen LogP contribution in [0.2, 0.25) is 0 Å². The molecule has 84 valence electrons. The van der Waals surface area contributed by atoms with Gasteiger partial charge in [-0.15, -0.1) is 0 Å². The Hall–Kier alpha value is -0.120. The van der Waals surface area contributed by atoms with E-state index in [4.69, 9.17) is 4.74 Å². The lowest BCUT2D eigenvalue weighted by Gasteiger charge is -2.37. The van der Waals surface area contributed by atoms with Crippen LogP contribution in [0.3, 0.4) is 0 Å². The molecule has 1 fully saturated rings. The normalized spacial score (nSPS) is 33.6. The van der Waals surface area contributed by atoms with E-state index < -0.39 is 5.60 Å². The van der Waals surface area contributed by atoms with Crippen molar-refractivity contribution in [1.29, 1.82) is 0 Å². The molecule has 1 heterocycles. The molecule has 1 aliphatic heterocycles. The Morgan fingerprint density at radius 2 is 2.29 bits per heavy atom. The van der Waals surface area contributed by atoms with E-state index in [1.54, 1.807) is 0 Å². The van der Waals surface area contributed by atoms with E-state index in [-0.39, 0.29) is 6.10 Å². The minimum Gasteiger partial charge on any atom is -0.388 e. The molecule has 3 nitrogen and oxygen atoms in total. The van der Waals surface area contributed by atoms with Gasteiger partial charge in [0.15, 0.2) is 0 Å². The van der Waals surface area contributed by atoms with Crippen molar-refractivity contribution in [3.05, 3.63) is 0 Å². The molecule has 0 aliphatic carbocycles. The predicted molar refractivity (Wildman–Crippen MR) is 57.4 cm³/mol. The summed E-state index contributed by atoms with van der Waals surface area (Å²) in [5.74, 6) is 0. The van der Waals surface area contributed by atoms with Crippen molar-refractivity contribution in [2.45, 2.75) is 57.8 Å². The summed E-state index contributed by atoms with van der Waals surface area (Å²) in [6.45, 7) is 7.67. The van der Waals surface area contributed by atoms with Crippen molar-refractivity contribution in [3.8, 4) is 0 Å². The van der Waals surface area contributed by atoms with Crippen LogP contribution in [-0.4, -0.2) is 36.0 Å². The highest BCUT2D eigenvalue weighted by Gasteiger charge is 2.33. The van der Waals surface area contributed by atoms with Gasteiger partial charge >= 0.3 is 0 Å². The standard InChI is InChI=1S/C11H23NO2/c1-4-10-7-11(13,5-6-14-10)8-12-9(2)3/h9-10,12-13H,4-8H2,1-3H3. The van der Waals surface area contributed by atoms with Gasteiger partial charge in [0.2, 0.25) is 0 Å². The van der Waals surface area contributed by atoms with Gasteiger partial charge in [0.1, 0.15) is 0 Å². The number of rotatable bonds is 4. The molecule has 0 amide bonds. The highest BCUT2D eigenvalue weighted by atomic mass is 16.5. The van der Waals surface area contributed by atoms with Gasteiger partial charge in [0.05, 0.1) is 11.7 Å². The van der Waals surface area contributed by atoms with Gasteiger partial charge in [-0.3, -0.25) is 0 Å². The molecule has 0 aromatic rings. The fourth-order valence-corrected chi connectivity index (χ4v) is 1.82. The van der Waals surface area contributed by atoms with Crippen LogP contribution in [0.5, 0.6) is 0 Å². The lowest BCUT2D eigenvalue weighted by Crippen LogP contribution is -2.49.